The van der Waals surface area contributed by atoms with Crippen molar-refractivity contribution in [3.05, 3.63) is 46.2 Å². The lowest BCUT2D eigenvalue weighted by Gasteiger charge is -2.51. The van der Waals surface area contributed by atoms with E-state index in [0.717, 1.165) is 10.9 Å². The Labute approximate surface area is 252 Å². The maximum absolute atomic E-state index is 14.8. The fourth-order valence-electron chi connectivity index (χ4n) is 8.37. The first-order chi connectivity index (χ1) is 20.1. The minimum Gasteiger partial charge on any atom is -0.496 e. The third kappa shape index (κ3) is 4.64. The molecule has 43 heavy (non-hydrogen) atoms. The van der Waals surface area contributed by atoms with Crippen LogP contribution in [0.25, 0.3) is 0 Å². The number of amides is 1. The van der Waals surface area contributed by atoms with E-state index < -0.39 is 58.6 Å². The van der Waals surface area contributed by atoms with Crippen LogP contribution in [-0.4, -0.2) is 57.1 Å². The van der Waals surface area contributed by atoms with E-state index in [2.05, 4.69) is 18.9 Å². The van der Waals surface area contributed by atoms with Gasteiger partial charge in [-0.3, -0.25) is 19.1 Å². The van der Waals surface area contributed by atoms with Gasteiger partial charge < -0.3 is 14.7 Å². The summed E-state index contributed by atoms with van der Waals surface area (Å²) < 4.78 is 50.8. The molecule has 12 heteroatoms. The molecule has 232 valence electrons. The molecule has 3 atom stereocenters. The smallest absolute Gasteiger partial charge is 0.433 e. The van der Waals surface area contributed by atoms with Crippen LogP contribution in [0.1, 0.15) is 91.6 Å². The van der Waals surface area contributed by atoms with Crippen molar-refractivity contribution >= 4 is 29.3 Å². The van der Waals surface area contributed by atoms with Crippen LogP contribution in [0.3, 0.4) is 0 Å². The summed E-state index contributed by atoms with van der Waals surface area (Å²) in [6.07, 6.45) is -1.30. The van der Waals surface area contributed by atoms with Crippen LogP contribution in [-0.2, 0) is 16.5 Å². The number of nitrogens with zero attached hydrogens (tertiary/aromatic N) is 3. The van der Waals surface area contributed by atoms with Gasteiger partial charge in [-0.15, -0.1) is 0 Å². The molecule has 0 radical (unpaired) electrons. The van der Waals surface area contributed by atoms with Crippen molar-refractivity contribution in [2.75, 3.05) is 13.7 Å². The second kappa shape index (κ2) is 9.97. The predicted molar refractivity (Wildman–Crippen MR) is 150 cm³/mol. The first-order valence-electron chi connectivity index (χ1n) is 14.7. The van der Waals surface area contributed by atoms with Gasteiger partial charge in [-0.1, -0.05) is 31.5 Å². The molecule has 5 aliphatic carbocycles. The van der Waals surface area contributed by atoms with Gasteiger partial charge in [-0.05, 0) is 80.8 Å². The Balaban J connectivity index is 1.37. The molecule has 5 fully saturated rings. The van der Waals surface area contributed by atoms with Gasteiger partial charge in [0.2, 0.25) is 0 Å². The Kier molecular flexibility index (Phi) is 6.95. The van der Waals surface area contributed by atoms with Gasteiger partial charge in [-0.2, -0.15) is 18.3 Å². The average molecular weight is 622 g/mol. The number of Topliss-reactive ketones (excluding diaryl/α,β-unsaturated/α-hetero) is 1. The summed E-state index contributed by atoms with van der Waals surface area (Å²) >= 11 is 6.35. The van der Waals surface area contributed by atoms with Crippen LogP contribution in [0.15, 0.2) is 24.4 Å². The van der Waals surface area contributed by atoms with Crippen molar-refractivity contribution < 1.29 is 37.4 Å². The number of aromatic nitrogens is 2. The molecule has 7 rings (SSSR count). The van der Waals surface area contributed by atoms with Gasteiger partial charge in [0.1, 0.15) is 5.75 Å². The lowest BCUT2D eigenvalue weighted by Crippen LogP contribution is -2.52. The fraction of sp³-hybridized carbons (Fsp3) is 0.613. The van der Waals surface area contributed by atoms with Gasteiger partial charge in [0.15, 0.2) is 11.5 Å². The van der Waals surface area contributed by atoms with Crippen molar-refractivity contribution in [2.45, 2.75) is 83.0 Å². The Morgan fingerprint density at radius 2 is 1.70 bits per heavy atom. The molecule has 2 bridgehead atoms. The number of rotatable bonds is 8. The number of fused-ring (bicyclic) bond motifs is 4. The van der Waals surface area contributed by atoms with Crippen molar-refractivity contribution in [1.29, 1.82) is 0 Å². The number of benzene rings is 1. The van der Waals surface area contributed by atoms with Gasteiger partial charge in [0.25, 0.3) is 5.91 Å². The molecule has 1 aromatic carbocycles. The molecule has 8 nitrogen and oxygen atoms in total. The van der Waals surface area contributed by atoms with Gasteiger partial charge in [0, 0.05) is 6.04 Å². The highest BCUT2D eigenvalue weighted by atomic mass is 35.5. The van der Waals surface area contributed by atoms with E-state index in [9.17, 15) is 32.7 Å². The maximum atomic E-state index is 14.8. The molecular weight excluding hydrogens is 587 g/mol. The fourth-order valence-corrected chi connectivity index (χ4v) is 8.64. The summed E-state index contributed by atoms with van der Waals surface area (Å²) in [5, 5.41) is 14.1. The zero-order chi connectivity index (χ0) is 31.1. The van der Waals surface area contributed by atoms with Crippen LogP contribution in [0, 0.1) is 22.7 Å². The van der Waals surface area contributed by atoms with Crippen molar-refractivity contribution in [1.82, 2.24) is 14.7 Å². The minimum atomic E-state index is -4.91. The van der Waals surface area contributed by atoms with Crippen LogP contribution in [0.5, 0.6) is 5.75 Å². The quantitative estimate of drug-likeness (QED) is 0.340. The Morgan fingerprint density at radius 1 is 1.09 bits per heavy atom. The summed E-state index contributed by atoms with van der Waals surface area (Å²) in [4.78, 5) is 41.0. The largest absolute Gasteiger partial charge is 0.496 e. The number of hydrogen-bond acceptors (Lipinski definition) is 5. The monoisotopic (exact) mass is 621 g/mol. The molecule has 1 heterocycles. The number of ether oxygens (including phenoxy) is 1. The number of carbonyl (C=O) groups excluding carboxylic acids is 2. The number of alkyl halides is 3. The second-order valence-corrected chi connectivity index (χ2v) is 13.9. The lowest BCUT2D eigenvalue weighted by molar-refractivity contribution is -0.163. The zero-order valence-electron chi connectivity index (χ0n) is 24.3. The number of hydrogen-bond donors (Lipinski definition) is 1. The number of ketones is 1. The Hall–Kier alpha value is -3.08. The number of methoxy groups -OCH3 is 1. The molecule has 0 unspecified atom stereocenters. The zero-order valence-corrected chi connectivity index (χ0v) is 25.1. The van der Waals surface area contributed by atoms with Crippen LogP contribution in [0.2, 0.25) is 5.02 Å². The molecule has 1 amide bonds. The van der Waals surface area contributed by atoms with E-state index in [-0.39, 0.29) is 60.3 Å². The Morgan fingerprint density at radius 3 is 2.23 bits per heavy atom. The van der Waals surface area contributed by atoms with Crippen LogP contribution >= 0.6 is 11.6 Å². The predicted octanol–water partition coefficient (Wildman–Crippen LogP) is 6.46. The highest BCUT2D eigenvalue weighted by Crippen LogP contribution is 2.67. The summed E-state index contributed by atoms with van der Waals surface area (Å²) in [6.45, 7) is 3.82. The molecule has 1 aromatic heterocycles. The van der Waals surface area contributed by atoms with E-state index >= 15 is 0 Å². The Bertz CT molecular complexity index is 1460. The molecule has 5 aliphatic rings. The first-order valence-corrected chi connectivity index (χ1v) is 15.1. The second-order valence-electron chi connectivity index (χ2n) is 13.5. The highest BCUT2D eigenvalue weighted by molar-refractivity contribution is 6.34. The molecule has 0 saturated heterocycles. The van der Waals surface area contributed by atoms with E-state index in [0.29, 0.717) is 24.7 Å². The molecular formula is C31H35ClF3N3O5. The number of carboxylic acid groups (broad SMARTS) is 1. The maximum Gasteiger partial charge on any atom is 0.433 e. The highest BCUT2D eigenvalue weighted by Gasteiger charge is 2.63. The SMILES string of the molecule is COc1cccc(Cl)c1C(=O)CN(C(=O)c1cnn(C23CCC(C(=O)O)(CC2)CC3)c1C(F)(F)F)[C@H]1C[C@@H]2[C@H](C1)C2(C)C. The number of carbonyl (C=O) groups is 3. The van der Waals surface area contributed by atoms with E-state index in [1.165, 1.54) is 18.1 Å². The van der Waals surface area contributed by atoms with E-state index in [1.807, 2.05) is 0 Å². The standard InChI is InChI=1S/C31H35ClF3N3O5/c1-28(2)19-13-17(14-20(19)28)37(16-22(39)24-21(32)5-4-6-23(24)43-3)26(40)18-15-36-38(25(18)31(33,34)35)30-10-7-29(8-11-30,9-12-30)27(41)42/h4-6,15,17,19-20H,7-14,16H2,1-3H3,(H,41,42)/t17-,19+,20-,29?,30?. The van der Waals surface area contributed by atoms with Gasteiger partial charge in [0.05, 0.1) is 47.0 Å². The molecule has 5 saturated carbocycles. The molecule has 0 aliphatic heterocycles. The van der Waals surface area contributed by atoms with Crippen molar-refractivity contribution in [3.63, 3.8) is 0 Å². The van der Waals surface area contributed by atoms with Crippen molar-refractivity contribution in [3.8, 4) is 5.75 Å². The minimum absolute atomic E-state index is 0.0740. The summed E-state index contributed by atoms with van der Waals surface area (Å²) in [5.74, 6) is -1.48. The lowest BCUT2D eigenvalue weighted by atomic mass is 9.57. The van der Waals surface area contributed by atoms with Gasteiger partial charge >= 0.3 is 12.1 Å². The third-order valence-corrected chi connectivity index (χ3v) is 11.5. The third-order valence-electron chi connectivity index (χ3n) is 11.2. The van der Waals surface area contributed by atoms with Crippen LogP contribution in [0.4, 0.5) is 13.2 Å². The summed E-state index contributed by atoms with van der Waals surface area (Å²) in [6, 6.07) is 4.29. The molecule has 2 aromatic rings. The topological polar surface area (TPSA) is 102 Å². The number of carboxylic acids is 1. The molecule has 0 spiro atoms. The van der Waals surface area contributed by atoms with E-state index in [4.69, 9.17) is 16.3 Å². The summed E-state index contributed by atoms with van der Waals surface area (Å²) in [7, 11) is 1.39. The molecule has 1 N–H and O–H groups in total. The summed E-state index contributed by atoms with van der Waals surface area (Å²) in [5.41, 5.74) is -3.51. The van der Waals surface area contributed by atoms with E-state index in [1.54, 1.807) is 12.1 Å². The average Bonchev–Trinajstić information content (AvgIpc) is 3.41. The van der Waals surface area contributed by atoms with Crippen LogP contribution < -0.4 is 4.74 Å². The number of aliphatic carboxylic acids is 1. The van der Waals surface area contributed by atoms with Crippen molar-refractivity contribution in [2.24, 2.45) is 22.7 Å². The number of halogens is 4. The normalized spacial score (nSPS) is 30.5. The van der Waals surface area contributed by atoms with Gasteiger partial charge in [-0.25, -0.2) is 0 Å². The first kappa shape index (κ1) is 30.0.